The zero-order chi connectivity index (χ0) is 22.9. The summed E-state index contributed by atoms with van der Waals surface area (Å²) in [6.45, 7) is 4.45. The van der Waals surface area contributed by atoms with Crippen molar-refractivity contribution in [1.29, 1.82) is 0 Å². The Bertz CT molecular complexity index is 1130. The number of likely N-dealkylation sites (tertiary alicyclic amines) is 1. The molecule has 2 saturated heterocycles. The van der Waals surface area contributed by atoms with Crippen molar-refractivity contribution in [2.75, 3.05) is 38.7 Å². The summed E-state index contributed by atoms with van der Waals surface area (Å²) >= 11 is 0. The molecule has 1 atom stereocenters. The number of aliphatic hydroxyl groups is 1. The highest BCUT2D eigenvalue weighted by Gasteiger charge is 2.42. The number of primary amides is 1. The Morgan fingerprint density at radius 1 is 1.41 bits per heavy atom. The van der Waals surface area contributed by atoms with E-state index in [-0.39, 0.29) is 17.5 Å². The molecule has 9 heteroatoms. The zero-order valence-electron chi connectivity index (χ0n) is 18.0. The first kappa shape index (κ1) is 21.7. The van der Waals surface area contributed by atoms with Crippen LogP contribution >= 0.6 is 0 Å². The number of rotatable bonds is 5. The van der Waals surface area contributed by atoms with Gasteiger partial charge in [-0.05, 0) is 12.1 Å². The fourth-order valence-electron chi connectivity index (χ4n) is 3.58. The van der Waals surface area contributed by atoms with Crippen LogP contribution in [-0.2, 0) is 9.53 Å². The number of aromatic nitrogens is 2. The van der Waals surface area contributed by atoms with E-state index >= 15 is 0 Å². The first-order chi connectivity index (χ1) is 15.2. The Morgan fingerprint density at radius 2 is 2.19 bits per heavy atom. The molecule has 0 bridgehead atoms. The SMILES string of the molecule is CN1CC[C@@](O)(C#Cc2cccc(-c3ncc(NCC4(C)COC4)c(C(N)=O)n3)c2)C1=O. The summed E-state index contributed by atoms with van der Waals surface area (Å²) < 4.78 is 5.25. The summed E-state index contributed by atoms with van der Waals surface area (Å²) in [6, 6.07) is 7.05. The maximum atomic E-state index is 12.1. The Balaban J connectivity index is 1.58. The van der Waals surface area contributed by atoms with Gasteiger partial charge in [0, 0.05) is 43.1 Å². The Hall–Kier alpha value is -3.48. The number of nitrogens with two attached hydrogens (primary N) is 1. The third-order valence-electron chi connectivity index (χ3n) is 5.67. The molecule has 9 nitrogen and oxygen atoms in total. The van der Waals surface area contributed by atoms with Crippen LogP contribution in [0.4, 0.5) is 5.69 Å². The van der Waals surface area contributed by atoms with Gasteiger partial charge in [0.2, 0.25) is 5.60 Å². The third-order valence-corrected chi connectivity index (χ3v) is 5.67. The van der Waals surface area contributed by atoms with Crippen molar-refractivity contribution in [2.45, 2.75) is 18.9 Å². The summed E-state index contributed by atoms with van der Waals surface area (Å²) in [5.74, 6) is 4.82. The number of hydrogen-bond acceptors (Lipinski definition) is 7. The molecule has 2 aliphatic rings. The van der Waals surface area contributed by atoms with Crippen LogP contribution in [0.15, 0.2) is 30.5 Å². The number of hydrogen-bond donors (Lipinski definition) is 3. The van der Waals surface area contributed by atoms with Crippen LogP contribution in [0.1, 0.15) is 29.4 Å². The second-order valence-electron chi connectivity index (χ2n) is 8.64. The molecule has 1 aromatic heterocycles. The Kier molecular flexibility index (Phi) is 5.59. The number of benzene rings is 1. The molecule has 2 aliphatic heterocycles. The van der Waals surface area contributed by atoms with Crippen molar-refractivity contribution in [3.63, 3.8) is 0 Å². The average Bonchev–Trinajstić information content (AvgIpc) is 3.03. The minimum absolute atomic E-state index is 0.000163. The molecule has 0 radical (unpaired) electrons. The number of nitrogens with one attached hydrogen (secondary N) is 1. The van der Waals surface area contributed by atoms with Gasteiger partial charge < -0.3 is 25.8 Å². The van der Waals surface area contributed by atoms with E-state index in [0.29, 0.717) is 48.9 Å². The van der Waals surface area contributed by atoms with E-state index in [1.165, 1.54) is 4.90 Å². The number of anilines is 1. The van der Waals surface area contributed by atoms with Crippen LogP contribution in [0.3, 0.4) is 0 Å². The number of amides is 2. The van der Waals surface area contributed by atoms with E-state index in [2.05, 4.69) is 34.0 Å². The number of ether oxygens (including phenoxy) is 1. The third kappa shape index (κ3) is 4.28. The van der Waals surface area contributed by atoms with Crippen molar-refractivity contribution in [3.8, 4) is 23.2 Å². The monoisotopic (exact) mass is 435 g/mol. The molecule has 4 rings (SSSR count). The predicted octanol–water partition coefficient (Wildman–Crippen LogP) is 0.636. The summed E-state index contributed by atoms with van der Waals surface area (Å²) in [7, 11) is 1.63. The van der Waals surface area contributed by atoms with Gasteiger partial charge in [0.05, 0.1) is 25.1 Å². The summed E-state index contributed by atoms with van der Waals surface area (Å²) in [5, 5.41) is 13.7. The number of likely N-dealkylation sites (N-methyl/N-ethyl adjacent to an activating group) is 1. The maximum Gasteiger partial charge on any atom is 0.269 e. The lowest BCUT2D eigenvalue weighted by Crippen LogP contribution is -2.45. The van der Waals surface area contributed by atoms with Crippen molar-refractivity contribution < 1.29 is 19.4 Å². The Morgan fingerprint density at radius 3 is 2.81 bits per heavy atom. The average molecular weight is 435 g/mol. The highest BCUT2D eigenvalue weighted by atomic mass is 16.5. The second kappa shape index (κ2) is 8.22. The van der Waals surface area contributed by atoms with E-state index in [4.69, 9.17) is 10.5 Å². The molecule has 0 saturated carbocycles. The molecular formula is C23H25N5O4. The van der Waals surface area contributed by atoms with E-state index in [0.717, 1.165) is 0 Å². The molecule has 32 heavy (non-hydrogen) atoms. The van der Waals surface area contributed by atoms with Gasteiger partial charge in [-0.3, -0.25) is 9.59 Å². The molecule has 3 heterocycles. The largest absolute Gasteiger partial charge is 0.381 e. The first-order valence-electron chi connectivity index (χ1n) is 10.3. The van der Waals surface area contributed by atoms with E-state index < -0.39 is 17.4 Å². The van der Waals surface area contributed by atoms with Crippen LogP contribution < -0.4 is 11.1 Å². The minimum atomic E-state index is -1.67. The van der Waals surface area contributed by atoms with Crippen molar-refractivity contribution in [3.05, 3.63) is 41.7 Å². The lowest BCUT2D eigenvalue weighted by molar-refractivity contribution is -0.137. The fourth-order valence-corrected chi connectivity index (χ4v) is 3.58. The van der Waals surface area contributed by atoms with Crippen molar-refractivity contribution in [2.24, 2.45) is 11.1 Å². The van der Waals surface area contributed by atoms with E-state index in [1.807, 2.05) is 0 Å². The first-order valence-corrected chi connectivity index (χ1v) is 10.3. The van der Waals surface area contributed by atoms with Gasteiger partial charge in [-0.1, -0.05) is 30.9 Å². The number of carbonyl (C=O) groups is 2. The summed E-state index contributed by atoms with van der Waals surface area (Å²) in [6.07, 6.45) is 1.80. The van der Waals surface area contributed by atoms with E-state index in [9.17, 15) is 14.7 Å². The number of carbonyl (C=O) groups excluding carboxylic acids is 2. The molecule has 2 fully saturated rings. The van der Waals surface area contributed by atoms with Crippen LogP contribution in [0.25, 0.3) is 11.4 Å². The van der Waals surface area contributed by atoms with Gasteiger partial charge in [-0.25, -0.2) is 9.97 Å². The second-order valence-corrected chi connectivity index (χ2v) is 8.64. The van der Waals surface area contributed by atoms with Gasteiger partial charge in [-0.2, -0.15) is 0 Å². The highest BCUT2D eigenvalue weighted by molar-refractivity contribution is 5.96. The highest BCUT2D eigenvalue weighted by Crippen LogP contribution is 2.28. The van der Waals surface area contributed by atoms with Gasteiger partial charge in [-0.15, -0.1) is 0 Å². The quantitative estimate of drug-likeness (QED) is 0.587. The fraction of sp³-hybridized carbons (Fsp3) is 0.391. The van der Waals surface area contributed by atoms with Gasteiger partial charge in [0.15, 0.2) is 11.5 Å². The standard InChI is InChI=1S/C23H25N5O4/c1-22(13-32-14-22)12-26-17-11-25-20(27-18(17)19(24)29)16-5-3-4-15(10-16)6-7-23(31)8-9-28(2)21(23)30/h3-5,10-11,26,31H,8-9,12-14H2,1-2H3,(H2,24,29)/t23-/m0/s1. The lowest BCUT2D eigenvalue weighted by atomic mass is 9.88. The van der Waals surface area contributed by atoms with E-state index in [1.54, 1.807) is 37.5 Å². The van der Waals surface area contributed by atoms with Crippen molar-refractivity contribution in [1.82, 2.24) is 14.9 Å². The number of nitrogens with zero attached hydrogens (tertiary/aromatic N) is 3. The molecule has 0 unspecified atom stereocenters. The van der Waals surface area contributed by atoms with Gasteiger partial charge in [0.25, 0.3) is 11.8 Å². The summed E-state index contributed by atoms with van der Waals surface area (Å²) in [5.41, 5.74) is 5.67. The normalized spacial score (nSPS) is 21.5. The van der Waals surface area contributed by atoms with Gasteiger partial charge in [0.1, 0.15) is 0 Å². The molecular weight excluding hydrogens is 410 g/mol. The lowest BCUT2D eigenvalue weighted by Gasteiger charge is -2.38. The predicted molar refractivity (Wildman–Crippen MR) is 117 cm³/mol. The molecule has 2 amide bonds. The Labute approximate surface area is 186 Å². The topological polar surface area (TPSA) is 131 Å². The zero-order valence-corrected chi connectivity index (χ0v) is 18.0. The molecule has 166 valence electrons. The van der Waals surface area contributed by atoms with Crippen LogP contribution in [0, 0.1) is 17.3 Å². The molecule has 4 N–H and O–H groups in total. The maximum absolute atomic E-state index is 12.1. The van der Waals surface area contributed by atoms with Crippen LogP contribution in [0.5, 0.6) is 0 Å². The molecule has 2 aromatic rings. The van der Waals surface area contributed by atoms with Gasteiger partial charge >= 0.3 is 0 Å². The smallest absolute Gasteiger partial charge is 0.269 e. The van der Waals surface area contributed by atoms with Crippen LogP contribution in [0.2, 0.25) is 0 Å². The van der Waals surface area contributed by atoms with Crippen LogP contribution in [-0.4, -0.2) is 70.7 Å². The van der Waals surface area contributed by atoms with Crippen molar-refractivity contribution >= 4 is 17.5 Å². The summed E-state index contributed by atoms with van der Waals surface area (Å²) in [4.78, 5) is 34.3. The molecule has 0 aliphatic carbocycles. The molecule has 0 spiro atoms. The molecule has 1 aromatic carbocycles. The minimum Gasteiger partial charge on any atom is -0.381 e.